The molecule has 2 aromatic carbocycles. The number of nitro benzene ring substituents is 1. The van der Waals surface area contributed by atoms with Crippen molar-refractivity contribution < 1.29 is 4.92 Å². The fourth-order valence-electron chi connectivity index (χ4n) is 3.00. The summed E-state index contributed by atoms with van der Waals surface area (Å²) in [5.41, 5.74) is 11.1. The molecule has 0 aliphatic carbocycles. The minimum absolute atomic E-state index is 0.172. The van der Waals surface area contributed by atoms with Crippen LogP contribution in [0.1, 0.15) is 16.7 Å². The molecule has 0 bridgehead atoms. The molecule has 3 rings (SSSR count). The van der Waals surface area contributed by atoms with Gasteiger partial charge in [-0.25, -0.2) is 0 Å². The highest BCUT2D eigenvalue weighted by atomic mass is 16.6. The van der Waals surface area contributed by atoms with Gasteiger partial charge >= 0.3 is 0 Å². The molecule has 0 unspecified atom stereocenters. The quantitative estimate of drug-likeness (QED) is 0.522. The fraction of sp³-hybridized carbons (Fsp3) is 0.250. The van der Waals surface area contributed by atoms with E-state index in [-0.39, 0.29) is 10.6 Å². The first kappa shape index (κ1) is 13.4. The molecule has 0 atom stereocenters. The summed E-state index contributed by atoms with van der Waals surface area (Å²) in [6.45, 7) is 3.37. The molecule has 2 aromatic rings. The minimum atomic E-state index is -0.325. The zero-order valence-corrected chi connectivity index (χ0v) is 11.9. The summed E-state index contributed by atoms with van der Waals surface area (Å²) in [6.07, 6.45) is 0.865. The third-order valence-corrected chi connectivity index (χ3v) is 4.12. The van der Waals surface area contributed by atoms with E-state index in [1.807, 2.05) is 25.1 Å². The number of nitro groups is 1. The maximum Gasteiger partial charge on any atom is 0.274 e. The highest BCUT2D eigenvalue weighted by Gasteiger charge is 2.22. The van der Waals surface area contributed by atoms with Crippen molar-refractivity contribution in [3.05, 3.63) is 63.2 Å². The summed E-state index contributed by atoms with van der Waals surface area (Å²) >= 11 is 0. The van der Waals surface area contributed by atoms with E-state index < -0.39 is 0 Å². The van der Waals surface area contributed by atoms with Gasteiger partial charge in [0.15, 0.2) is 0 Å². The molecule has 0 spiro atoms. The number of nitrogens with two attached hydrogens (primary N) is 1. The zero-order chi connectivity index (χ0) is 15.0. The smallest absolute Gasteiger partial charge is 0.274 e. The van der Waals surface area contributed by atoms with Crippen molar-refractivity contribution in [3.63, 3.8) is 0 Å². The Bertz CT molecular complexity index is 713. The van der Waals surface area contributed by atoms with E-state index >= 15 is 0 Å². The van der Waals surface area contributed by atoms with E-state index in [4.69, 9.17) is 5.73 Å². The Morgan fingerprint density at radius 3 is 2.76 bits per heavy atom. The molecule has 5 heteroatoms. The van der Waals surface area contributed by atoms with Gasteiger partial charge < -0.3 is 10.6 Å². The molecular weight excluding hydrogens is 266 g/mol. The second kappa shape index (κ2) is 5.09. The number of benzene rings is 2. The van der Waals surface area contributed by atoms with Crippen LogP contribution in [0.2, 0.25) is 0 Å². The first-order valence-corrected chi connectivity index (χ1v) is 6.93. The average molecular weight is 283 g/mol. The van der Waals surface area contributed by atoms with Gasteiger partial charge in [-0.3, -0.25) is 10.1 Å². The van der Waals surface area contributed by atoms with Crippen molar-refractivity contribution in [2.45, 2.75) is 19.9 Å². The molecule has 0 amide bonds. The number of nitrogens with zero attached hydrogens (tertiary/aromatic N) is 2. The number of anilines is 2. The van der Waals surface area contributed by atoms with Crippen LogP contribution in [0.5, 0.6) is 0 Å². The first-order valence-electron chi connectivity index (χ1n) is 6.93. The van der Waals surface area contributed by atoms with Crippen LogP contribution < -0.4 is 10.6 Å². The molecule has 0 fully saturated rings. The summed E-state index contributed by atoms with van der Waals surface area (Å²) in [6, 6.07) is 11.2. The zero-order valence-electron chi connectivity index (χ0n) is 11.9. The van der Waals surface area contributed by atoms with Crippen LogP contribution in [0.3, 0.4) is 0 Å². The van der Waals surface area contributed by atoms with Crippen molar-refractivity contribution >= 4 is 17.1 Å². The van der Waals surface area contributed by atoms with Crippen molar-refractivity contribution in [3.8, 4) is 0 Å². The van der Waals surface area contributed by atoms with Crippen LogP contribution in [0, 0.1) is 17.0 Å². The Hall–Kier alpha value is -2.56. The maximum absolute atomic E-state index is 11.1. The highest BCUT2D eigenvalue weighted by molar-refractivity contribution is 5.63. The van der Waals surface area contributed by atoms with Gasteiger partial charge in [-0.05, 0) is 36.6 Å². The molecule has 0 saturated carbocycles. The van der Waals surface area contributed by atoms with Gasteiger partial charge in [0.1, 0.15) is 0 Å². The highest BCUT2D eigenvalue weighted by Crippen LogP contribution is 2.32. The molecular formula is C16H17N3O2. The van der Waals surface area contributed by atoms with Crippen LogP contribution in [-0.4, -0.2) is 11.5 Å². The number of nitrogen functional groups attached to an aromatic ring is 1. The summed E-state index contributed by atoms with van der Waals surface area (Å²) in [5, 5.41) is 11.1. The van der Waals surface area contributed by atoms with E-state index in [2.05, 4.69) is 11.0 Å². The Morgan fingerprint density at radius 1 is 1.24 bits per heavy atom. The molecule has 2 N–H and O–H groups in total. The van der Waals surface area contributed by atoms with E-state index in [0.717, 1.165) is 36.4 Å². The van der Waals surface area contributed by atoms with Gasteiger partial charge in [-0.1, -0.05) is 18.2 Å². The molecule has 21 heavy (non-hydrogen) atoms. The third-order valence-electron chi connectivity index (χ3n) is 4.12. The van der Waals surface area contributed by atoms with E-state index in [0.29, 0.717) is 0 Å². The molecule has 0 radical (unpaired) electrons. The van der Waals surface area contributed by atoms with Gasteiger partial charge in [0, 0.05) is 30.5 Å². The van der Waals surface area contributed by atoms with Crippen LogP contribution in [-0.2, 0) is 13.0 Å². The Balaban J connectivity index is 1.97. The topological polar surface area (TPSA) is 72.4 Å². The van der Waals surface area contributed by atoms with Crippen LogP contribution in [0.25, 0.3) is 0 Å². The summed E-state index contributed by atoms with van der Waals surface area (Å²) in [5.74, 6) is 0. The second-order valence-electron chi connectivity index (χ2n) is 5.33. The largest absolute Gasteiger partial charge is 0.398 e. The van der Waals surface area contributed by atoms with Crippen LogP contribution >= 0.6 is 0 Å². The molecule has 1 aliphatic rings. The first-order chi connectivity index (χ1) is 10.1. The van der Waals surface area contributed by atoms with E-state index in [1.54, 1.807) is 12.1 Å². The van der Waals surface area contributed by atoms with E-state index in [9.17, 15) is 10.1 Å². The van der Waals surface area contributed by atoms with Gasteiger partial charge in [-0.2, -0.15) is 0 Å². The van der Waals surface area contributed by atoms with Gasteiger partial charge in [-0.15, -0.1) is 0 Å². The van der Waals surface area contributed by atoms with Gasteiger partial charge in [0.05, 0.1) is 10.5 Å². The molecule has 0 aromatic heterocycles. The lowest BCUT2D eigenvalue weighted by Crippen LogP contribution is -2.31. The molecule has 5 nitrogen and oxygen atoms in total. The average Bonchev–Trinajstić information content (AvgIpc) is 2.47. The summed E-state index contributed by atoms with van der Waals surface area (Å²) in [4.78, 5) is 12.9. The monoisotopic (exact) mass is 283 g/mol. The SMILES string of the molecule is Cc1c(N2CCc3c(N)cccc3C2)cccc1[N+](=O)[O-]. The number of rotatable bonds is 2. The third kappa shape index (κ3) is 2.31. The van der Waals surface area contributed by atoms with Crippen molar-refractivity contribution in [1.82, 2.24) is 0 Å². The summed E-state index contributed by atoms with van der Waals surface area (Å²) in [7, 11) is 0. The Morgan fingerprint density at radius 2 is 2.00 bits per heavy atom. The fourth-order valence-corrected chi connectivity index (χ4v) is 3.00. The predicted octanol–water partition coefficient (Wildman–Crippen LogP) is 3.05. The normalized spacial score (nSPS) is 13.9. The van der Waals surface area contributed by atoms with E-state index in [1.165, 1.54) is 11.1 Å². The molecule has 1 aliphatic heterocycles. The second-order valence-corrected chi connectivity index (χ2v) is 5.33. The lowest BCUT2D eigenvalue weighted by molar-refractivity contribution is -0.385. The van der Waals surface area contributed by atoms with Crippen LogP contribution in [0.15, 0.2) is 36.4 Å². The van der Waals surface area contributed by atoms with Gasteiger partial charge in [0.25, 0.3) is 5.69 Å². The Kier molecular flexibility index (Phi) is 3.25. The summed E-state index contributed by atoms with van der Waals surface area (Å²) < 4.78 is 0. The maximum atomic E-state index is 11.1. The van der Waals surface area contributed by atoms with Gasteiger partial charge in [0.2, 0.25) is 0 Å². The number of fused-ring (bicyclic) bond motifs is 1. The Labute approximate surface area is 123 Å². The predicted molar refractivity (Wildman–Crippen MR) is 83.4 cm³/mol. The lowest BCUT2D eigenvalue weighted by atomic mass is 9.97. The standard InChI is InChI=1S/C16H17N3O2/c1-11-15(6-3-7-16(11)19(20)21)18-9-8-13-12(10-18)4-2-5-14(13)17/h2-7H,8-10,17H2,1H3. The molecule has 1 heterocycles. The van der Waals surface area contributed by atoms with Crippen LogP contribution in [0.4, 0.5) is 17.1 Å². The number of hydrogen-bond acceptors (Lipinski definition) is 4. The minimum Gasteiger partial charge on any atom is -0.398 e. The molecule has 0 saturated heterocycles. The van der Waals surface area contributed by atoms with Crippen molar-refractivity contribution in [2.75, 3.05) is 17.2 Å². The van der Waals surface area contributed by atoms with Crippen molar-refractivity contribution in [2.24, 2.45) is 0 Å². The van der Waals surface area contributed by atoms with Crippen molar-refractivity contribution in [1.29, 1.82) is 0 Å². The number of hydrogen-bond donors (Lipinski definition) is 1. The lowest BCUT2D eigenvalue weighted by Gasteiger charge is -2.32. The molecule has 108 valence electrons.